The molecule has 24 heavy (non-hydrogen) atoms. The molecule has 0 radical (unpaired) electrons. The van der Waals surface area contributed by atoms with Crippen LogP contribution in [-0.4, -0.2) is 44.0 Å². The van der Waals surface area contributed by atoms with Crippen LogP contribution in [0.15, 0.2) is 12.1 Å². The van der Waals surface area contributed by atoms with Gasteiger partial charge in [-0.05, 0) is 18.6 Å². The van der Waals surface area contributed by atoms with Crippen LogP contribution in [0.4, 0.5) is 15.8 Å². The fraction of sp³-hybridized carbons (Fsp3) is 0.438. The van der Waals surface area contributed by atoms with Crippen molar-refractivity contribution in [1.29, 1.82) is 5.26 Å². The number of carbonyl (C=O) groups is 2. The minimum absolute atomic E-state index is 0.212. The third kappa shape index (κ3) is 3.16. The van der Waals surface area contributed by atoms with E-state index in [1.807, 2.05) is 11.0 Å². The Hall–Kier alpha value is -2.66. The molecule has 0 bridgehead atoms. The lowest BCUT2D eigenvalue weighted by Crippen LogP contribution is -2.48. The summed E-state index contributed by atoms with van der Waals surface area (Å²) >= 11 is 0. The lowest BCUT2D eigenvalue weighted by Gasteiger charge is -2.33. The number of rotatable bonds is 3. The molecule has 2 amide bonds. The van der Waals surface area contributed by atoms with Gasteiger partial charge < -0.3 is 15.5 Å². The number of nitriles is 1. The second kappa shape index (κ2) is 6.84. The molecule has 2 aliphatic heterocycles. The normalized spacial score (nSPS) is 21.2. The van der Waals surface area contributed by atoms with Gasteiger partial charge in [-0.2, -0.15) is 5.26 Å². The van der Waals surface area contributed by atoms with E-state index in [9.17, 15) is 19.2 Å². The number of nitrogens with one attached hydrogen (secondary N) is 3. The number of imide groups is 1. The Bertz CT molecular complexity index is 709. The molecule has 2 saturated heterocycles. The molecule has 126 valence electrons. The second-order valence-corrected chi connectivity index (χ2v) is 5.82. The number of amides is 2. The number of hydrogen-bond donors (Lipinski definition) is 3. The molecule has 1 unspecified atom stereocenters. The van der Waals surface area contributed by atoms with Gasteiger partial charge in [0.25, 0.3) is 0 Å². The standard InChI is InChI=1S/C16H18FN5O2/c17-11-2-1-10(9-18)14(15(11)22-7-5-19-6-8-22)20-12-3-4-13(23)21-16(12)24/h1-2,12,19-20H,3-8H2,(H,21,23,24). The smallest absolute Gasteiger partial charge is 0.249 e. The van der Waals surface area contributed by atoms with Gasteiger partial charge in [-0.3, -0.25) is 14.9 Å². The molecule has 0 aromatic heterocycles. The molecule has 2 aliphatic rings. The topological polar surface area (TPSA) is 97.3 Å². The van der Waals surface area contributed by atoms with E-state index in [1.54, 1.807) is 0 Å². The van der Waals surface area contributed by atoms with Crippen LogP contribution in [0.3, 0.4) is 0 Å². The molecule has 8 heteroatoms. The van der Waals surface area contributed by atoms with Gasteiger partial charge in [-0.15, -0.1) is 0 Å². The summed E-state index contributed by atoms with van der Waals surface area (Å²) in [5.74, 6) is -1.21. The number of anilines is 2. The maximum atomic E-state index is 14.5. The van der Waals surface area contributed by atoms with E-state index in [0.29, 0.717) is 44.0 Å². The van der Waals surface area contributed by atoms with Gasteiger partial charge in [0, 0.05) is 32.6 Å². The highest BCUT2D eigenvalue weighted by atomic mass is 19.1. The zero-order chi connectivity index (χ0) is 17.1. The summed E-state index contributed by atoms with van der Waals surface area (Å²) in [6, 6.07) is 4.04. The zero-order valence-electron chi connectivity index (χ0n) is 13.1. The molecule has 7 nitrogen and oxygen atoms in total. The highest BCUT2D eigenvalue weighted by molar-refractivity contribution is 6.02. The Morgan fingerprint density at radius 2 is 2.04 bits per heavy atom. The van der Waals surface area contributed by atoms with Crippen LogP contribution < -0.4 is 20.9 Å². The van der Waals surface area contributed by atoms with Crippen molar-refractivity contribution < 1.29 is 14.0 Å². The largest absolute Gasteiger partial charge is 0.371 e. The second-order valence-electron chi connectivity index (χ2n) is 5.82. The molecule has 0 saturated carbocycles. The van der Waals surface area contributed by atoms with Crippen LogP contribution in [-0.2, 0) is 9.59 Å². The van der Waals surface area contributed by atoms with Gasteiger partial charge in [0.05, 0.1) is 16.9 Å². The Morgan fingerprint density at radius 3 is 2.71 bits per heavy atom. The Kier molecular flexibility index (Phi) is 4.62. The average Bonchev–Trinajstić information content (AvgIpc) is 2.58. The fourth-order valence-corrected chi connectivity index (χ4v) is 3.01. The Labute approximate surface area is 138 Å². The predicted molar refractivity (Wildman–Crippen MR) is 86.0 cm³/mol. The first-order valence-electron chi connectivity index (χ1n) is 7.88. The highest BCUT2D eigenvalue weighted by Crippen LogP contribution is 2.34. The average molecular weight is 331 g/mol. The molecule has 0 aliphatic carbocycles. The van der Waals surface area contributed by atoms with Crippen molar-refractivity contribution in [2.24, 2.45) is 0 Å². The zero-order valence-corrected chi connectivity index (χ0v) is 13.1. The molecular formula is C16H18FN5O2. The summed E-state index contributed by atoms with van der Waals surface area (Å²) in [5, 5.41) is 17.8. The molecule has 1 atom stereocenters. The molecule has 0 spiro atoms. The van der Waals surface area contributed by atoms with Gasteiger partial charge in [0.15, 0.2) is 0 Å². The van der Waals surface area contributed by atoms with Crippen LogP contribution in [0.2, 0.25) is 0 Å². The number of halogens is 1. The summed E-state index contributed by atoms with van der Waals surface area (Å²) in [6.45, 7) is 2.65. The first-order chi connectivity index (χ1) is 11.6. The van der Waals surface area contributed by atoms with Gasteiger partial charge in [0.2, 0.25) is 11.8 Å². The summed E-state index contributed by atoms with van der Waals surface area (Å²) in [6.07, 6.45) is 0.524. The SMILES string of the molecule is N#Cc1ccc(F)c(N2CCNCC2)c1NC1CCC(=O)NC1=O. The van der Waals surface area contributed by atoms with E-state index in [0.717, 1.165) is 0 Å². The van der Waals surface area contributed by atoms with E-state index < -0.39 is 17.8 Å². The van der Waals surface area contributed by atoms with Crippen molar-refractivity contribution in [3.63, 3.8) is 0 Å². The van der Waals surface area contributed by atoms with Gasteiger partial charge in [-0.25, -0.2) is 4.39 Å². The Morgan fingerprint density at radius 1 is 1.29 bits per heavy atom. The van der Waals surface area contributed by atoms with Crippen LogP contribution in [0.5, 0.6) is 0 Å². The summed E-state index contributed by atoms with van der Waals surface area (Å²) < 4.78 is 14.5. The van der Waals surface area contributed by atoms with Crippen molar-refractivity contribution in [2.45, 2.75) is 18.9 Å². The summed E-state index contributed by atoms with van der Waals surface area (Å²) in [4.78, 5) is 25.1. The first-order valence-corrected chi connectivity index (χ1v) is 7.88. The third-order valence-electron chi connectivity index (χ3n) is 4.24. The van der Waals surface area contributed by atoms with E-state index >= 15 is 0 Å². The molecule has 2 heterocycles. The number of hydrogen-bond acceptors (Lipinski definition) is 6. The van der Waals surface area contributed by atoms with Gasteiger partial charge in [0.1, 0.15) is 17.9 Å². The maximum absolute atomic E-state index is 14.5. The predicted octanol–water partition coefficient (Wildman–Crippen LogP) is 0.324. The van der Waals surface area contributed by atoms with Crippen molar-refractivity contribution >= 4 is 23.2 Å². The van der Waals surface area contributed by atoms with Crippen molar-refractivity contribution in [2.75, 3.05) is 36.4 Å². The van der Waals surface area contributed by atoms with Crippen LogP contribution in [0.25, 0.3) is 0 Å². The molecular weight excluding hydrogens is 313 g/mol. The third-order valence-corrected chi connectivity index (χ3v) is 4.24. The molecule has 3 rings (SSSR count). The molecule has 3 N–H and O–H groups in total. The van der Waals surface area contributed by atoms with Crippen LogP contribution in [0, 0.1) is 17.1 Å². The lowest BCUT2D eigenvalue weighted by atomic mass is 10.0. The molecule has 1 aromatic carbocycles. The van der Waals surface area contributed by atoms with Gasteiger partial charge in [-0.1, -0.05) is 0 Å². The summed E-state index contributed by atoms with van der Waals surface area (Å²) in [5.41, 5.74) is 0.892. The van der Waals surface area contributed by atoms with E-state index in [4.69, 9.17) is 0 Å². The van der Waals surface area contributed by atoms with E-state index in [-0.39, 0.29) is 17.9 Å². The van der Waals surface area contributed by atoms with Crippen molar-refractivity contribution in [3.05, 3.63) is 23.5 Å². The number of piperazine rings is 1. The number of benzene rings is 1. The number of carbonyl (C=O) groups excluding carboxylic acids is 2. The van der Waals surface area contributed by atoms with Gasteiger partial charge >= 0.3 is 0 Å². The maximum Gasteiger partial charge on any atom is 0.249 e. The Balaban J connectivity index is 1.95. The van der Waals surface area contributed by atoms with Crippen LogP contribution >= 0.6 is 0 Å². The first kappa shape index (κ1) is 16.2. The van der Waals surface area contributed by atoms with Crippen LogP contribution in [0.1, 0.15) is 18.4 Å². The van der Waals surface area contributed by atoms with E-state index in [1.165, 1.54) is 12.1 Å². The number of nitrogens with zero attached hydrogens (tertiary/aromatic N) is 2. The molecule has 2 fully saturated rings. The minimum Gasteiger partial charge on any atom is -0.371 e. The monoisotopic (exact) mass is 331 g/mol. The van der Waals surface area contributed by atoms with Crippen molar-refractivity contribution in [1.82, 2.24) is 10.6 Å². The summed E-state index contributed by atoms with van der Waals surface area (Å²) in [7, 11) is 0. The highest BCUT2D eigenvalue weighted by Gasteiger charge is 2.29. The lowest BCUT2D eigenvalue weighted by molar-refractivity contribution is -0.133. The number of piperidine rings is 1. The van der Waals surface area contributed by atoms with Crippen molar-refractivity contribution in [3.8, 4) is 6.07 Å². The molecule has 1 aromatic rings. The quantitative estimate of drug-likeness (QED) is 0.691. The fourth-order valence-electron chi connectivity index (χ4n) is 3.01. The minimum atomic E-state index is -0.668. The van der Waals surface area contributed by atoms with E-state index in [2.05, 4.69) is 16.0 Å².